The van der Waals surface area contributed by atoms with E-state index < -0.39 is 65.2 Å². The molecule has 48 heavy (non-hydrogen) atoms. The summed E-state index contributed by atoms with van der Waals surface area (Å²) >= 11 is 0. The van der Waals surface area contributed by atoms with Gasteiger partial charge in [0.25, 0.3) is 5.91 Å². The second-order valence-corrected chi connectivity index (χ2v) is 11.3. The molecular weight excluding hydrogens is 642 g/mol. The maximum atomic E-state index is 14.5. The van der Waals surface area contributed by atoms with Crippen LogP contribution in [0.4, 0.5) is 22.4 Å². The number of halogens is 4. The number of hydrogen-bond acceptors (Lipinski definition) is 8. The summed E-state index contributed by atoms with van der Waals surface area (Å²) in [5.41, 5.74) is -1.11. The third-order valence-corrected chi connectivity index (χ3v) is 6.43. The molecule has 0 aliphatic heterocycles. The highest BCUT2D eigenvalue weighted by molar-refractivity contribution is 5.96. The number of carboxylic acid groups (broad SMARTS) is 1. The lowest BCUT2D eigenvalue weighted by Gasteiger charge is -2.21. The van der Waals surface area contributed by atoms with Crippen molar-refractivity contribution in [3.63, 3.8) is 0 Å². The van der Waals surface area contributed by atoms with Crippen molar-refractivity contribution in [2.45, 2.75) is 58.6 Å². The molecule has 0 spiro atoms. The van der Waals surface area contributed by atoms with Crippen LogP contribution in [0.1, 0.15) is 67.2 Å². The first-order valence-electron chi connectivity index (χ1n) is 14.4. The average Bonchev–Trinajstić information content (AvgIpc) is 3.45. The number of carbonyl (C=O) groups excluding carboxylic acids is 2. The largest absolute Gasteiger partial charge is 0.485 e. The third-order valence-electron chi connectivity index (χ3n) is 6.43. The standard InChI is InChI=1S/C33H31F4N3O8/c1-17(38-32(44)48-33(2,3)4)27-26(28(41)39-25(30(42)43)21-12-11-20(34)15-22(21)35)40-29(47-27)19-10-13-23(46-31(36)37)24(14-19)45-16-18-8-6-5-7-9-18/h5-15,17,25,31H,16H2,1-4H3,(H,38,44)(H,39,41)(H,42,43)/t17-,25?/m0/s1. The first kappa shape index (κ1) is 35.3. The van der Waals surface area contributed by atoms with Gasteiger partial charge in [-0.2, -0.15) is 8.78 Å². The van der Waals surface area contributed by atoms with Gasteiger partial charge in [-0.15, -0.1) is 0 Å². The molecule has 1 heterocycles. The Balaban J connectivity index is 1.74. The Kier molecular flexibility index (Phi) is 10.9. The van der Waals surface area contributed by atoms with Crippen LogP contribution in [0.5, 0.6) is 11.5 Å². The van der Waals surface area contributed by atoms with E-state index in [-0.39, 0.29) is 35.3 Å². The summed E-state index contributed by atoms with van der Waals surface area (Å²) in [5, 5.41) is 14.4. The zero-order chi connectivity index (χ0) is 35.2. The van der Waals surface area contributed by atoms with Gasteiger partial charge in [0.2, 0.25) is 5.89 Å². The van der Waals surface area contributed by atoms with Crippen LogP contribution in [0, 0.1) is 11.6 Å². The molecule has 0 radical (unpaired) electrons. The second-order valence-electron chi connectivity index (χ2n) is 11.3. The van der Waals surface area contributed by atoms with E-state index in [4.69, 9.17) is 13.9 Å². The molecule has 0 saturated heterocycles. The van der Waals surface area contributed by atoms with Crippen molar-refractivity contribution >= 4 is 18.0 Å². The Bertz CT molecular complexity index is 1780. The molecule has 1 aromatic heterocycles. The average molecular weight is 674 g/mol. The van der Waals surface area contributed by atoms with E-state index in [2.05, 4.69) is 20.4 Å². The summed E-state index contributed by atoms with van der Waals surface area (Å²) in [5.74, 6) is -5.98. The Labute approximate surface area is 271 Å². The number of oxazole rings is 1. The maximum Gasteiger partial charge on any atom is 0.408 e. The molecule has 0 bridgehead atoms. The molecule has 0 aliphatic carbocycles. The number of nitrogens with one attached hydrogen (secondary N) is 2. The van der Waals surface area contributed by atoms with Gasteiger partial charge in [0.1, 0.15) is 23.8 Å². The van der Waals surface area contributed by atoms with E-state index in [1.165, 1.54) is 25.1 Å². The van der Waals surface area contributed by atoms with Crippen molar-refractivity contribution in [2.75, 3.05) is 0 Å². The van der Waals surface area contributed by atoms with Crippen LogP contribution in [-0.4, -0.2) is 40.3 Å². The summed E-state index contributed by atoms with van der Waals surface area (Å²) < 4.78 is 75.9. The second kappa shape index (κ2) is 14.9. The molecular formula is C33H31F4N3O8. The first-order valence-corrected chi connectivity index (χ1v) is 14.4. The fraction of sp³-hybridized carbons (Fsp3) is 0.273. The van der Waals surface area contributed by atoms with E-state index in [0.717, 1.165) is 17.7 Å². The molecule has 4 aromatic rings. The summed E-state index contributed by atoms with van der Waals surface area (Å²) in [6.07, 6.45) is -0.888. The molecule has 2 amide bonds. The third kappa shape index (κ3) is 9.24. The number of amides is 2. The molecule has 3 N–H and O–H groups in total. The zero-order valence-corrected chi connectivity index (χ0v) is 26.1. The molecule has 0 fully saturated rings. The van der Waals surface area contributed by atoms with Gasteiger partial charge < -0.3 is 34.4 Å². The van der Waals surface area contributed by atoms with Crippen LogP contribution in [0.2, 0.25) is 0 Å². The van der Waals surface area contributed by atoms with Crippen LogP contribution < -0.4 is 20.1 Å². The predicted molar refractivity (Wildman–Crippen MR) is 161 cm³/mol. The molecule has 15 heteroatoms. The van der Waals surface area contributed by atoms with E-state index >= 15 is 0 Å². The summed E-state index contributed by atoms with van der Waals surface area (Å²) in [7, 11) is 0. The van der Waals surface area contributed by atoms with Gasteiger partial charge in [0.05, 0.1) is 6.04 Å². The van der Waals surface area contributed by atoms with E-state index in [0.29, 0.717) is 6.07 Å². The van der Waals surface area contributed by atoms with Crippen LogP contribution in [-0.2, 0) is 16.1 Å². The number of rotatable bonds is 12. The quantitative estimate of drug-likeness (QED) is 0.136. The number of alkyl halides is 2. The SMILES string of the molecule is C[C@H](NC(=O)OC(C)(C)C)c1oc(-c2ccc(OC(F)F)c(OCc3ccccc3)c2)nc1C(=O)NC(C(=O)O)c1ccc(F)cc1F. The van der Waals surface area contributed by atoms with Crippen LogP contribution in [0.25, 0.3) is 11.5 Å². The number of alkyl carbamates (subject to hydrolysis) is 1. The van der Waals surface area contributed by atoms with Gasteiger partial charge in [0.15, 0.2) is 29.0 Å². The van der Waals surface area contributed by atoms with E-state index in [1.54, 1.807) is 51.1 Å². The van der Waals surface area contributed by atoms with Crippen molar-refractivity contribution in [3.8, 4) is 23.0 Å². The number of benzene rings is 3. The highest BCUT2D eigenvalue weighted by Gasteiger charge is 2.32. The molecule has 4 rings (SSSR count). The van der Waals surface area contributed by atoms with Crippen LogP contribution in [0.15, 0.2) is 71.1 Å². The van der Waals surface area contributed by atoms with Crippen molar-refractivity contribution in [1.82, 2.24) is 15.6 Å². The van der Waals surface area contributed by atoms with Gasteiger partial charge in [0, 0.05) is 17.2 Å². The van der Waals surface area contributed by atoms with Gasteiger partial charge in [-0.1, -0.05) is 36.4 Å². The minimum absolute atomic E-state index is 0.0260. The van der Waals surface area contributed by atoms with Crippen LogP contribution in [0.3, 0.4) is 0 Å². The number of nitrogens with zero attached hydrogens (tertiary/aromatic N) is 1. The highest BCUT2D eigenvalue weighted by atomic mass is 19.3. The lowest BCUT2D eigenvalue weighted by Crippen LogP contribution is -2.37. The van der Waals surface area contributed by atoms with Crippen molar-refractivity contribution in [2.24, 2.45) is 0 Å². The van der Waals surface area contributed by atoms with Gasteiger partial charge in [-0.3, -0.25) is 4.79 Å². The normalized spacial score (nSPS) is 12.6. The predicted octanol–water partition coefficient (Wildman–Crippen LogP) is 6.94. The Morgan fingerprint density at radius 3 is 2.29 bits per heavy atom. The van der Waals surface area contributed by atoms with Gasteiger partial charge >= 0.3 is 18.7 Å². The summed E-state index contributed by atoms with van der Waals surface area (Å²) in [6.45, 7) is 3.10. The molecule has 11 nitrogen and oxygen atoms in total. The number of hydrogen-bond donors (Lipinski definition) is 3. The number of carboxylic acids is 1. The van der Waals surface area contributed by atoms with Crippen LogP contribution >= 0.6 is 0 Å². The fourth-order valence-electron chi connectivity index (χ4n) is 4.35. The number of aromatic nitrogens is 1. The molecule has 254 valence electrons. The molecule has 0 aliphatic rings. The van der Waals surface area contributed by atoms with E-state index in [1.807, 2.05) is 0 Å². The molecule has 2 atom stereocenters. The van der Waals surface area contributed by atoms with Crippen molar-refractivity contribution < 1.29 is 55.7 Å². The first-order chi connectivity index (χ1) is 22.6. The van der Waals surface area contributed by atoms with Crippen molar-refractivity contribution in [3.05, 3.63) is 101 Å². The topological polar surface area (TPSA) is 149 Å². The Morgan fingerprint density at radius 1 is 0.958 bits per heavy atom. The smallest absolute Gasteiger partial charge is 0.408 e. The monoisotopic (exact) mass is 673 g/mol. The Hall–Kier alpha value is -5.60. The number of ether oxygens (including phenoxy) is 3. The highest BCUT2D eigenvalue weighted by Crippen LogP contribution is 2.36. The Morgan fingerprint density at radius 2 is 1.67 bits per heavy atom. The lowest BCUT2D eigenvalue weighted by molar-refractivity contribution is -0.139. The molecule has 1 unspecified atom stereocenters. The van der Waals surface area contributed by atoms with Gasteiger partial charge in [-0.25, -0.2) is 23.4 Å². The van der Waals surface area contributed by atoms with Crippen molar-refractivity contribution in [1.29, 1.82) is 0 Å². The molecule has 3 aromatic carbocycles. The molecule has 0 saturated carbocycles. The zero-order valence-electron chi connectivity index (χ0n) is 26.1. The van der Waals surface area contributed by atoms with E-state index in [9.17, 15) is 37.1 Å². The number of aliphatic carboxylic acids is 1. The minimum Gasteiger partial charge on any atom is -0.485 e. The fourth-order valence-corrected chi connectivity index (χ4v) is 4.35. The summed E-state index contributed by atoms with van der Waals surface area (Å²) in [6, 6.07) is 11.6. The van der Waals surface area contributed by atoms with Gasteiger partial charge in [-0.05, 0) is 57.5 Å². The minimum atomic E-state index is -3.17. The summed E-state index contributed by atoms with van der Waals surface area (Å²) in [4.78, 5) is 42.4. The maximum absolute atomic E-state index is 14.5. The number of carbonyl (C=O) groups is 3. The lowest BCUT2D eigenvalue weighted by atomic mass is 10.1.